The monoisotopic (exact) mass is 526 g/mol. The minimum atomic E-state index is 0.122. The van der Waals surface area contributed by atoms with E-state index in [0.717, 1.165) is 6.42 Å². The van der Waals surface area contributed by atoms with Gasteiger partial charge in [-0.05, 0) is 31.1 Å². The Labute approximate surface area is 205 Å². The summed E-state index contributed by atoms with van der Waals surface area (Å²) >= 11 is 29.8. The SMILES string of the molecule is ClC(Cl)=CCOc1cc(Cl)c(OCCCCOc2c(Cl)ccc3c2OCCO3)c(Cl)c1. The largest absolute Gasteiger partial charge is 0.490 e. The summed E-state index contributed by atoms with van der Waals surface area (Å²) < 4.78 is 28.3. The van der Waals surface area contributed by atoms with Crippen molar-refractivity contribution in [2.75, 3.05) is 33.0 Å². The van der Waals surface area contributed by atoms with Gasteiger partial charge in [-0.1, -0.05) is 58.0 Å². The van der Waals surface area contributed by atoms with Gasteiger partial charge in [0.05, 0.1) is 28.3 Å². The Morgan fingerprint density at radius 2 is 1.48 bits per heavy atom. The van der Waals surface area contributed by atoms with Crippen molar-refractivity contribution in [1.29, 1.82) is 0 Å². The van der Waals surface area contributed by atoms with Crippen LogP contribution in [0, 0.1) is 0 Å². The number of unbranched alkanes of at least 4 members (excludes halogenated alkanes) is 1. The Morgan fingerprint density at radius 1 is 0.839 bits per heavy atom. The van der Waals surface area contributed by atoms with E-state index in [1.165, 1.54) is 6.08 Å². The van der Waals surface area contributed by atoms with E-state index in [9.17, 15) is 0 Å². The molecular formula is C21H19Cl5O5. The van der Waals surface area contributed by atoms with E-state index in [2.05, 4.69) is 0 Å². The Bertz CT molecular complexity index is 908. The second kappa shape index (κ2) is 12.0. The number of halogens is 5. The van der Waals surface area contributed by atoms with Crippen molar-refractivity contribution in [3.63, 3.8) is 0 Å². The molecule has 0 saturated carbocycles. The molecule has 2 aromatic carbocycles. The van der Waals surface area contributed by atoms with E-state index in [1.807, 2.05) is 0 Å². The van der Waals surface area contributed by atoms with Crippen molar-refractivity contribution in [3.8, 4) is 28.7 Å². The molecule has 0 spiro atoms. The third-order valence-corrected chi connectivity index (χ3v) is 5.27. The van der Waals surface area contributed by atoms with Gasteiger partial charge in [-0.3, -0.25) is 0 Å². The van der Waals surface area contributed by atoms with Crippen LogP contribution in [0.15, 0.2) is 34.8 Å². The Balaban J connectivity index is 1.45. The summed E-state index contributed by atoms with van der Waals surface area (Å²) in [5.74, 6) is 2.54. The summed E-state index contributed by atoms with van der Waals surface area (Å²) in [5, 5.41) is 1.17. The van der Waals surface area contributed by atoms with E-state index >= 15 is 0 Å². The van der Waals surface area contributed by atoms with E-state index in [-0.39, 0.29) is 11.1 Å². The van der Waals surface area contributed by atoms with Gasteiger partial charge in [0.2, 0.25) is 5.75 Å². The lowest BCUT2D eigenvalue weighted by Crippen LogP contribution is -2.16. The molecule has 3 rings (SSSR count). The highest BCUT2D eigenvalue weighted by molar-refractivity contribution is 6.55. The van der Waals surface area contributed by atoms with Crippen molar-refractivity contribution in [2.45, 2.75) is 12.8 Å². The lowest BCUT2D eigenvalue weighted by atomic mass is 10.2. The average Bonchev–Trinajstić information content (AvgIpc) is 2.73. The third-order valence-electron chi connectivity index (χ3n) is 4.11. The number of fused-ring (bicyclic) bond motifs is 1. The Hall–Kier alpha value is -1.37. The third kappa shape index (κ3) is 7.06. The topological polar surface area (TPSA) is 46.2 Å². The maximum absolute atomic E-state index is 6.26. The normalized spacial score (nSPS) is 12.3. The van der Waals surface area contributed by atoms with E-state index in [4.69, 9.17) is 81.7 Å². The van der Waals surface area contributed by atoms with Crippen LogP contribution in [0.2, 0.25) is 15.1 Å². The van der Waals surface area contributed by atoms with Gasteiger partial charge in [-0.25, -0.2) is 0 Å². The molecule has 0 N–H and O–H groups in total. The van der Waals surface area contributed by atoms with Crippen LogP contribution < -0.4 is 23.7 Å². The summed E-state index contributed by atoms with van der Waals surface area (Å²) in [6.07, 6.45) is 2.95. The molecule has 1 aliphatic heterocycles. The molecule has 0 aliphatic carbocycles. The molecule has 1 heterocycles. The zero-order valence-electron chi connectivity index (χ0n) is 16.3. The lowest BCUT2D eigenvalue weighted by Gasteiger charge is -2.21. The van der Waals surface area contributed by atoms with Crippen LogP contribution in [-0.4, -0.2) is 33.0 Å². The summed E-state index contributed by atoms with van der Waals surface area (Å²) in [4.78, 5) is 0. The quantitative estimate of drug-likeness (QED) is 0.302. The maximum Gasteiger partial charge on any atom is 0.205 e. The molecule has 0 aromatic heterocycles. The molecule has 0 atom stereocenters. The number of rotatable bonds is 10. The predicted octanol–water partition coefficient (Wildman–Crippen LogP) is 7.35. The fraction of sp³-hybridized carbons (Fsp3) is 0.333. The first kappa shape index (κ1) is 24.3. The Morgan fingerprint density at radius 3 is 2.16 bits per heavy atom. The number of hydrogen-bond acceptors (Lipinski definition) is 5. The number of benzene rings is 2. The molecule has 10 heteroatoms. The van der Waals surface area contributed by atoms with Crippen LogP contribution >= 0.6 is 58.0 Å². The fourth-order valence-electron chi connectivity index (χ4n) is 2.71. The predicted molar refractivity (Wildman–Crippen MR) is 124 cm³/mol. The zero-order valence-corrected chi connectivity index (χ0v) is 20.0. The molecule has 0 amide bonds. The van der Waals surface area contributed by atoms with Gasteiger partial charge in [0.1, 0.15) is 30.1 Å². The smallest absolute Gasteiger partial charge is 0.205 e. The first-order valence-electron chi connectivity index (χ1n) is 9.42. The van der Waals surface area contributed by atoms with E-state index in [1.54, 1.807) is 24.3 Å². The van der Waals surface area contributed by atoms with Crippen molar-refractivity contribution >= 4 is 58.0 Å². The molecule has 1 aliphatic rings. The van der Waals surface area contributed by atoms with Crippen molar-refractivity contribution < 1.29 is 23.7 Å². The highest BCUT2D eigenvalue weighted by Gasteiger charge is 2.20. The summed E-state index contributed by atoms with van der Waals surface area (Å²) in [7, 11) is 0. The van der Waals surface area contributed by atoms with Crippen LogP contribution in [0.4, 0.5) is 0 Å². The van der Waals surface area contributed by atoms with Crippen LogP contribution in [0.1, 0.15) is 12.8 Å². The zero-order chi connectivity index (χ0) is 22.2. The van der Waals surface area contributed by atoms with Crippen LogP contribution in [0.3, 0.4) is 0 Å². The summed E-state index contributed by atoms with van der Waals surface area (Å²) in [6.45, 7) is 2.01. The van der Waals surface area contributed by atoms with Gasteiger partial charge in [-0.15, -0.1) is 0 Å². The molecule has 168 valence electrons. The fourth-order valence-corrected chi connectivity index (χ4v) is 3.62. The van der Waals surface area contributed by atoms with Gasteiger partial charge in [0.25, 0.3) is 0 Å². The lowest BCUT2D eigenvalue weighted by molar-refractivity contribution is 0.161. The molecule has 31 heavy (non-hydrogen) atoms. The van der Waals surface area contributed by atoms with E-state index < -0.39 is 0 Å². The molecule has 2 aromatic rings. The van der Waals surface area contributed by atoms with Gasteiger partial charge in [0.15, 0.2) is 17.2 Å². The van der Waals surface area contributed by atoms with Gasteiger partial charge in [0, 0.05) is 12.1 Å². The van der Waals surface area contributed by atoms with Crippen molar-refractivity contribution in [3.05, 3.63) is 49.9 Å². The number of hydrogen-bond donors (Lipinski definition) is 0. The molecule has 0 bridgehead atoms. The highest BCUT2D eigenvalue weighted by Crippen LogP contribution is 2.44. The van der Waals surface area contributed by atoms with Crippen LogP contribution in [0.25, 0.3) is 0 Å². The second-order valence-corrected chi connectivity index (χ2v) is 8.56. The number of ether oxygens (including phenoxy) is 5. The van der Waals surface area contributed by atoms with Crippen molar-refractivity contribution in [2.24, 2.45) is 0 Å². The molecule has 0 saturated heterocycles. The molecule has 0 unspecified atom stereocenters. The maximum atomic E-state index is 6.26. The molecule has 5 nitrogen and oxygen atoms in total. The average molecular weight is 529 g/mol. The minimum absolute atomic E-state index is 0.122. The highest BCUT2D eigenvalue weighted by atomic mass is 35.5. The first-order valence-corrected chi connectivity index (χ1v) is 11.3. The second-order valence-electron chi connectivity index (χ2n) is 6.33. The van der Waals surface area contributed by atoms with Crippen LogP contribution in [-0.2, 0) is 0 Å². The summed E-state index contributed by atoms with van der Waals surface area (Å²) in [6, 6.07) is 6.73. The van der Waals surface area contributed by atoms with Gasteiger partial charge < -0.3 is 23.7 Å². The summed E-state index contributed by atoms with van der Waals surface area (Å²) in [5.41, 5.74) is 0. The van der Waals surface area contributed by atoms with Crippen molar-refractivity contribution in [1.82, 2.24) is 0 Å². The van der Waals surface area contributed by atoms with Crippen LogP contribution in [0.5, 0.6) is 28.7 Å². The van der Waals surface area contributed by atoms with Gasteiger partial charge >= 0.3 is 0 Å². The molecule has 0 radical (unpaired) electrons. The standard InChI is InChI=1S/C21H19Cl5O5/c22-14-3-4-17-21(31-10-9-28-17)20(14)30-7-2-1-6-29-19-15(23)11-13(12-16(19)24)27-8-5-18(25)26/h3-5,11-12H,1-2,6-10H2. The minimum Gasteiger partial charge on any atom is -0.490 e. The Kier molecular flexibility index (Phi) is 9.42. The molecule has 0 fully saturated rings. The van der Waals surface area contributed by atoms with E-state index in [0.29, 0.717) is 76.7 Å². The molecular weight excluding hydrogens is 509 g/mol. The van der Waals surface area contributed by atoms with Gasteiger partial charge in [-0.2, -0.15) is 0 Å². The first-order chi connectivity index (χ1) is 15.0.